The molecule has 0 unspecified atom stereocenters. The zero-order chi connectivity index (χ0) is 14.1. The van der Waals surface area contributed by atoms with E-state index in [-0.39, 0.29) is 5.92 Å². The van der Waals surface area contributed by atoms with Crippen LogP contribution in [-0.2, 0) is 6.54 Å². The molecule has 0 aliphatic heterocycles. The smallest absolute Gasteiger partial charge is 0.131 e. The Balaban J connectivity index is 2.19. The summed E-state index contributed by atoms with van der Waals surface area (Å²) in [4.78, 5) is 13.4. The van der Waals surface area contributed by atoms with Crippen molar-refractivity contribution >= 4 is 11.0 Å². The molecule has 0 saturated heterocycles. The molecular formula is C15H17N5. The first kappa shape index (κ1) is 12.7. The fraction of sp³-hybridized carbons (Fsp3) is 0.267. The highest BCUT2D eigenvalue weighted by molar-refractivity contribution is 5.77. The highest BCUT2D eigenvalue weighted by Crippen LogP contribution is 2.20. The number of nitrogens with two attached hydrogens (primary N) is 1. The summed E-state index contributed by atoms with van der Waals surface area (Å²) in [6.45, 7) is 4.52. The Labute approximate surface area is 117 Å². The van der Waals surface area contributed by atoms with E-state index in [0.717, 1.165) is 28.2 Å². The standard InChI is InChI=1S/C15H17N5/c1-10(2)15-17-8-14(12(7-16)19-15)20-9-18-11-5-3-4-6-13(11)20/h3-6,8-10H,7,16H2,1-2H3. The van der Waals surface area contributed by atoms with Gasteiger partial charge >= 0.3 is 0 Å². The molecule has 0 atom stereocenters. The third-order valence-electron chi connectivity index (χ3n) is 3.29. The summed E-state index contributed by atoms with van der Waals surface area (Å²) < 4.78 is 1.99. The van der Waals surface area contributed by atoms with Gasteiger partial charge in [0.25, 0.3) is 0 Å². The van der Waals surface area contributed by atoms with Gasteiger partial charge in [0.15, 0.2) is 0 Å². The van der Waals surface area contributed by atoms with Crippen molar-refractivity contribution < 1.29 is 0 Å². The summed E-state index contributed by atoms with van der Waals surface area (Å²) in [6.07, 6.45) is 3.62. The first-order valence-electron chi connectivity index (χ1n) is 6.69. The molecule has 3 aromatic rings. The van der Waals surface area contributed by atoms with E-state index in [1.165, 1.54) is 0 Å². The molecule has 0 amide bonds. The fourth-order valence-electron chi connectivity index (χ4n) is 2.21. The second-order valence-corrected chi connectivity index (χ2v) is 5.02. The highest BCUT2D eigenvalue weighted by atomic mass is 15.1. The molecule has 0 fully saturated rings. The summed E-state index contributed by atoms with van der Waals surface area (Å²) in [5.41, 5.74) is 9.56. The van der Waals surface area contributed by atoms with Crippen molar-refractivity contribution in [1.29, 1.82) is 0 Å². The quantitative estimate of drug-likeness (QED) is 0.791. The van der Waals surface area contributed by atoms with E-state index in [0.29, 0.717) is 6.54 Å². The fourth-order valence-corrected chi connectivity index (χ4v) is 2.21. The maximum absolute atomic E-state index is 5.85. The van der Waals surface area contributed by atoms with E-state index in [2.05, 4.69) is 28.8 Å². The molecular weight excluding hydrogens is 250 g/mol. The number of rotatable bonds is 3. The molecule has 2 N–H and O–H groups in total. The Morgan fingerprint density at radius 3 is 2.75 bits per heavy atom. The molecule has 2 heterocycles. The van der Waals surface area contributed by atoms with Gasteiger partial charge in [-0.05, 0) is 12.1 Å². The number of benzene rings is 1. The molecule has 5 nitrogen and oxygen atoms in total. The number of nitrogens with zero attached hydrogens (tertiary/aromatic N) is 4. The van der Waals surface area contributed by atoms with Gasteiger partial charge < -0.3 is 5.73 Å². The zero-order valence-corrected chi connectivity index (χ0v) is 11.6. The van der Waals surface area contributed by atoms with Gasteiger partial charge in [-0.15, -0.1) is 0 Å². The second-order valence-electron chi connectivity index (χ2n) is 5.02. The van der Waals surface area contributed by atoms with Crippen molar-refractivity contribution in [2.24, 2.45) is 5.73 Å². The molecule has 102 valence electrons. The van der Waals surface area contributed by atoms with Crippen LogP contribution in [0.4, 0.5) is 0 Å². The molecule has 0 aliphatic carbocycles. The van der Waals surface area contributed by atoms with Crippen LogP contribution in [0, 0.1) is 0 Å². The minimum Gasteiger partial charge on any atom is -0.325 e. The summed E-state index contributed by atoms with van der Waals surface area (Å²) in [5, 5.41) is 0. The number of hydrogen-bond donors (Lipinski definition) is 1. The van der Waals surface area contributed by atoms with Gasteiger partial charge in [-0.3, -0.25) is 4.57 Å². The van der Waals surface area contributed by atoms with Crippen LogP contribution in [-0.4, -0.2) is 19.5 Å². The number of para-hydroxylation sites is 2. The number of imidazole rings is 1. The zero-order valence-electron chi connectivity index (χ0n) is 11.6. The van der Waals surface area contributed by atoms with Gasteiger partial charge in [0, 0.05) is 12.5 Å². The molecule has 1 aromatic carbocycles. The lowest BCUT2D eigenvalue weighted by molar-refractivity contribution is 0.749. The minimum absolute atomic E-state index is 0.286. The van der Waals surface area contributed by atoms with Crippen molar-refractivity contribution in [3.63, 3.8) is 0 Å². The topological polar surface area (TPSA) is 69.6 Å². The van der Waals surface area contributed by atoms with Crippen LogP contribution in [0.25, 0.3) is 16.7 Å². The average molecular weight is 267 g/mol. The Morgan fingerprint density at radius 2 is 2.00 bits per heavy atom. The van der Waals surface area contributed by atoms with Crippen LogP contribution in [0.2, 0.25) is 0 Å². The second kappa shape index (κ2) is 5.02. The molecule has 0 aliphatic rings. The average Bonchev–Trinajstić information content (AvgIpc) is 2.90. The lowest BCUT2D eigenvalue weighted by atomic mass is 10.2. The molecule has 2 aromatic heterocycles. The van der Waals surface area contributed by atoms with Gasteiger partial charge in [0.1, 0.15) is 12.2 Å². The Hall–Kier alpha value is -2.27. The molecule has 5 heteroatoms. The van der Waals surface area contributed by atoms with E-state index >= 15 is 0 Å². The Morgan fingerprint density at radius 1 is 1.20 bits per heavy atom. The van der Waals surface area contributed by atoms with Gasteiger partial charge in [-0.2, -0.15) is 0 Å². The third-order valence-corrected chi connectivity index (χ3v) is 3.29. The van der Waals surface area contributed by atoms with Crippen LogP contribution in [0.1, 0.15) is 31.3 Å². The Kier molecular flexibility index (Phi) is 3.20. The van der Waals surface area contributed by atoms with Crippen molar-refractivity contribution in [2.75, 3.05) is 0 Å². The SMILES string of the molecule is CC(C)c1ncc(-n2cnc3ccccc32)c(CN)n1. The maximum atomic E-state index is 5.85. The lowest BCUT2D eigenvalue weighted by Gasteiger charge is -2.11. The molecule has 20 heavy (non-hydrogen) atoms. The molecule has 3 rings (SSSR count). The number of fused-ring (bicyclic) bond motifs is 1. The Bertz CT molecular complexity index is 745. The highest BCUT2D eigenvalue weighted by Gasteiger charge is 2.12. The van der Waals surface area contributed by atoms with Crippen molar-refractivity contribution in [2.45, 2.75) is 26.3 Å². The van der Waals surface area contributed by atoms with Crippen molar-refractivity contribution in [3.05, 3.63) is 48.3 Å². The lowest BCUT2D eigenvalue weighted by Crippen LogP contribution is -2.10. The molecule has 0 saturated carbocycles. The third kappa shape index (κ3) is 2.06. The van der Waals surface area contributed by atoms with Crippen LogP contribution in [0.15, 0.2) is 36.8 Å². The van der Waals surface area contributed by atoms with E-state index in [1.807, 2.05) is 35.0 Å². The predicted octanol–water partition coefficient (Wildman–Crippen LogP) is 2.40. The molecule has 0 bridgehead atoms. The largest absolute Gasteiger partial charge is 0.325 e. The summed E-state index contributed by atoms with van der Waals surface area (Å²) in [7, 11) is 0. The van der Waals surface area contributed by atoms with Crippen LogP contribution in [0.3, 0.4) is 0 Å². The van der Waals surface area contributed by atoms with E-state index in [4.69, 9.17) is 5.73 Å². The van der Waals surface area contributed by atoms with Crippen LogP contribution in [0.5, 0.6) is 0 Å². The number of hydrogen-bond acceptors (Lipinski definition) is 4. The monoisotopic (exact) mass is 267 g/mol. The summed E-state index contributed by atoms with van der Waals surface area (Å²) in [5.74, 6) is 1.10. The first-order valence-corrected chi connectivity index (χ1v) is 6.69. The van der Waals surface area contributed by atoms with Crippen molar-refractivity contribution in [3.8, 4) is 5.69 Å². The summed E-state index contributed by atoms with van der Waals surface area (Å²) >= 11 is 0. The molecule has 0 radical (unpaired) electrons. The summed E-state index contributed by atoms with van der Waals surface area (Å²) in [6, 6.07) is 7.98. The van der Waals surface area contributed by atoms with E-state index in [1.54, 1.807) is 6.33 Å². The van der Waals surface area contributed by atoms with E-state index < -0.39 is 0 Å². The molecule has 0 spiro atoms. The van der Waals surface area contributed by atoms with Gasteiger partial charge in [0.2, 0.25) is 0 Å². The van der Waals surface area contributed by atoms with Crippen LogP contribution < -0.4 is 5.73 Å². The van der Waals surface area contributed by atoms with E-state index in [9.17, 15) is 0 Å². The minimum atomic E-state index is 0.286. The van der Waals surface area contributed by atoms with Crippen molar-refractivity contribution in [1.82, 2.24) is 19.5 Å². The predicted molar refractivity (Wildman–Crippen MR) is 78.6 cm³/mol. The maximum Gasteiger partial charge on any atom is 0.131 e. The van der Waals surface area contributed by atoms with Gasteiger partial charge in [-0.1, -0.05) is 26.0 Å². The normalized spacial score (nSPS) is 11.4. The number of aromatic nitrogens is 4. The first-order chi connectivity index (χ1) is 9.70. The van der Waals surface area contributed by atoms with Crippen LogP contribution >= 0.6 is 0 Å². The van der Waals surface area contributed by atoms with Gasteiger partial charge in [-0.25, -0.2) is 15.0 Å². The van der Waals surface area contributed by atoms with Gasteiger partial charge in [0.05, 0.1) is 28.6 Å².